The van der Waals surface area contributed by atoms with Crippen molar-refractivity contribution >= 4 is 23.0 Å². The molecule has 1 atom stereocenters. The standard InChI is InChI=1S/C26H24N4O3S/c1-17(31)30-23(14-22(27-30)18-9-10-24(32-2)25(13-18)33-3)21-15-29(20-7-5-4-6-8-20)28-26(21)19-11-12-34-16-19/h4-13,15-16,23H,14H2,1-3H3/t23-/m1/s1. The van der Waals surface area contributed by atoms with Crippen molar-refractivity contribution in [1.29, 1.82) is 0 Å². The molecule has 1 aliphatic rings. The number of benzene rings is 2. The summed E-state index contributed by atoms with van der Waals surface area (Å²) >= 11 is 1.62. The summed E-state index contributed by atoms with van der Waals surface area (Å²) in [6.07, 6.45) is 2.57. The van der Waals surface area contributed by atoms with Gasteiger partial charge in [-0.3, -0.25) is 4.79 Å². The van der Waals surface area contributed by atoms with Gasteiger partial charge in [-0.1, -0.05) is 18.2 Å². The van der Waals surface area contributed by atoms with Crippen molar-refractivity contribution in [2.75, 3.05) is 14.2 Å². The predicted octanol–water partition coefficient (Wildman–Crippen LogP) is 5.32. The van der Waals surface area contributed by atoms with E-state index in [9.17, 15) is 4.79 Å². The summed E-state index contributed by atoms with van der Waals surface area (Å²) in [4.78, 5) is 12.7. The van der Waals surface area contributed by atoms with Gasteiger partial charge in [0.1, 0.15) is 0 Å². The zero-order chi connectivity index (χ0) is 23.7. The van der Waals surface area contributed by atoms with Crippen LogP contribution in [0.5, 0.6) is 11.5 Å². The Morgan fingerprint density at radius 3 is 2.50 bits per heavy atom. The molecule has 0 spiro atoms. The van der Waals surface area contributed by atoms with E-state index in [2.05, 4.69) is 11.4 Å². The van der Waals surface area contributed by atoms with E-state index < -0.39 is 0 Å². The van der Waals surface area contributed by atoms with Crippen LogP contribution in [0.4, 0.5) is 0 Å². The fourth-order valence-electron chi connectivity index (χ4n) is 4.20. The van der Waals surface area contributed by atoms with Crippen LogP contribution >= 0.6 is 11.3 Å². The van der Waals surface area contributed by atoms with E-state index in [1.54, 1.807) is 37.5 Å². The molecular weight excluding hydrogens is 448 g/mol. The topological polar surface area (TPSA) is 69.0 Å². The molecule has 2 aromatic carbocycles. The zero-order valence-corrected chi connectivity index (χ0v) is 20.0. The van der Waals surface area contributed by atoms with Crippen LogP contribution in [0.15, 0.2) is 76.7 Å². The molecule has 0 fully saturated rings. The fourth-order valence-corrected chi connectivity index (χ4v) is 4.84. The predicted molar refractivity (Wildman–Crippen MR) is 133 cm³/mol. The van der Waals surface area contributed by atoms with Gasteiger partial charge in [0, 0.05) is 41.6 Å². The Balaban J connectivity index is 1.57. The van der Waals surface area contributed by atoms with E-state index in [0.717, 1.165) is 33.8 Å². The normalized spacial score (nSPS) is 15.3. The van der Waals surface area contributed by atoms with E-state index in [0.29, 0.717) is 17.9 Å². The number of amides is 1. The molecule has 2 aromatic heterocycles. The number of hydrogen-bond donors (Lipinski definition) is 0. The van der Waals surface area contributed by atoms with Crippen molar-refractivity contribution in [3.63, 3.8) is 0 Å². The molecule has 0 aliphatic carbocycles. The number of carbonyl (C=O) groups excluding carboxylic acids is 1. The van der Waals surface area contributed by atoms with Gasteiger partial charge in [-0.25, -0.2) is 9.69 Å². The summed E-state index contributed by atoms with van der Waals surface area (Å²) in [5.74, 6) is 1.15. The van der Waals surface area contributed by atoms with Gasteiger partial charge in [-0.2, -0.15) is 21.5 Å². The lowest BCUT2D eigenvalue weighted by atomic mass is 9.97. The van der Waals surface area contributed by atoms with E-state index in [4.69, 9.17) is 19.7 Å². The molecule has 0 unspecified atom stereocenters. The average Bonchev–Trinajstić information content (AvgIpc) is 3.63. The first kappa shape index (κ1) is 21.9. The highest BCUT2D eigenvalue weighted by Crippen LogP contribution is 2.39. The highest BCUT2D eigenvalue weighted by Gasteiger charge is 2.35. The van der Waals surface area contributed by atoms with Crippen LogP contribution in [-0.4, -0.2) is 40.6 Å². The van der Waals surface area contributed by atoms with E-state index >= 15 is 0 Å². The van der Waals surface area contributed by atoms with Crippen molar-refractivity contribution in [3.8, 4) is 28.4 Å². The number of nitrogens with zero attached hydrogens (tertiary/aromatic N) is 4. The number of methoxy groups -OCH3 is 2. The number of hydrogen-bond acceptors (Lipinski definition) is 6. The first-order valence-electron chi connectivity index (χ1n) is 10.9. The lowest BCUT2D eigenvalue weighted by molar-refractivity contribution is -0.130. The highest BCUT2D eigenvalue weighted by atomic mass is 32.1. The average molecular weight is 473 g/mol. The highest BCUT2D eigenvalue weighted by molar-refractivity contribution is 7.08. The summed E-state index contributed by atoms with van der Waals surface area (Å²) < 4.78 is 12.7. The van der Waals surface area contributed by atoms with Gasteiger partial charge in [0.15, 0.2) is 11.5 Å². The van der Waals surface area contributed by atoms with Crippen LogP contribution in [0.2, 0.25) is 0 Å². The second-order valence-electron chi connectivity index (χ2n) is 7.93. The fraction of sp³-hybridized carbons (Fsp3) is 0.192. The maximum Gasteiger partial charge on any atom is 0.240 e. The van der Waals surface area contributed by atoms with Gasteiger partial charge >= 0.3 is 0 Å². The molecule has 8 heteroatoms. The van der Waals surface area contributed by atoms with Gasteiger partial charge in [0.25, 0.3) is 0 Å². The Morgan fingerprint density at radius 1 is 1.03 bits per heavy atom. The van der Waals surface area contributed by atoms with Gasteiger partial charge in [0.2, 0.25) is 5.91 Å². The summed E-state index contributed by atoms with van der Waals surface area (Å²) in [6, 6.07) is 17.4. The third kappa shape index (κ3) is 3.97. The zero-order valence-electron chi connectivity index (χ0n) is 19.1. The molecule has 34 heavy (non-hydrogen) atoms. The molecule has 0 N–H and O–H groups in total. The van der Waals surface area contributed by atoms with Crippen LogP contribution in [0.1, 0.15) is 30.5 Å². The minimum atomic E-state index is -0.270. The molecule has 0 radical (unpaired) electrons. The molecule has 4 aromatic rings. The Morgan fingerprint density at radius 2 is 1.82 bits per heavy atom. The van der Waals surface area contributed by atoms with Crippen molar-refractivity contribution in [1.82, 2.24) is 14.8 Å². The number of thiophene rings is 1. The molecule has 1 amide bonds. The van der Waals surface area contributed by atoms with Gasteiger partial charge in [0.05, 0.1) is 37.4 Å². The first-order chi connectivity index (χ1) is 16.6. The Hall–Kier alpha value is -3.91. The number of carbonyl (C=O) groups is 1. The summed E-state index contributed by atoms with van der Waals surface area (Å²) in [6.45, 7) is 1.54. The first-order valence-corrected chi connectivity index (χ1v) is 11.8. The molecule has 1 aliphatic heterocycles. The van der Waals surface area contributed by atoms with Gasteiger partial charge in [-0.15, -0.1) is 0 Å². The van der Waals surface area contributed by atoms with Crippen LogP contribution < -0.4 is 9.47 Å². The second-order valence-corrected chi connectivity index (χ2v) is 8.71. The van der Waals surface area contributed by atoms with Crippen molar-refractivity contribution in [3.05, 3.63) is 82.7 Å². The summed E-state index contributed by atoms with van der Waals surface area (Å²) in [5, 5.41) is 15.3. The Labute approximate surface area is 201 Å². The Kier molecular flexibility index (Phi) is 5.90. The van der Waals surface area contributed by atoms with Gasteiger partial charge in [-0.05, 0) is 41.8 Å². The molecule has 7 nitrogen and oxygen atoms in total. The number of ether oxygens (including phenoxy) is 2. The lowest BCUT2D eigenvalue weighted by Gasteiger charge is -2.20. The minimum Gasteiger partial charge on any atom is -0.493 e. The maximum absolute atomic E-state index is 12.7. The maximum atomic E-state index is 12.7. The van der Waals surface area contributed by atoms with Crippen LogP contribution in [-0.2, 0) is 4.79 Å². The summed E-state index contributed by atoms with van der Waals surface area (Å²) in [7, 11) is 3.21. The largest absolute Gasteiger partial charge is 0.493 e. The van der Waals surface area contributed by atoms with Crippen LogP contribution in [0.3, 0.4) is 0 Å². The monoisotopic (exact) mass is 472 g/mol. The molecule has 0 saturated heterocycles. The molecule has 0 saturated carbocycles. The quantitative estimate of drug-likeness (QED) is 0.381. The molecule has 172 valence electrons. The van der Waals surface area contributed by atoms with Gasteiger partial charge < -0.3 is 9.47 Å². The minimum absolute atomic E-state index is 0.121. The second kappa shape index (κ2) is 9.15. The van der Waals surface area contributed by atoms with Crippen molar-refractivity contribution in [2.24, 2.45) is 5.10 Å². The third-order valence-corrected chi connectivity index (χ3v) is 6.55. The van der Waals surface area contributed by atoms with Crippen molar-refractivity contribution < 1.29 is 14.3 Å². The van der Waals surface area contributed by atoms with E-state index in [-0.39, 0.29) is 11.9 Å². The van der Waals surface area contributed by atoms with E-state index in [1.165, 1.54) is 0 Å². The molecular formula is C26H24N4O3S. The number of para-hydroxylation sites is 1. The lowest BCUT2D eigenvalue weighted by Crippen LogP contribution is -2.24. The smallest absolute Gasteiger partial charge is 0.240 e. The van der Waals surface area contributed by atoms with Crippen LogP contribution in [0, 0.1) is 0 Å². The van der Waals surface area contributed by atoms with E-state index in [1.807, 2.05) is 64.8 Å². The molecule has 0 bridgehead atoms. The summed E-state index contributed by atoms with van der Waals surface area (Å²) in [5.41, 5.74) is 5.49. The van der Waals surface area contributed by atoms with Crippen molar-refractivity contribution in [2.45, 2.75) is 19.4 Å². The third-order valence-electron chi connectivity index (χ3n) is 5.87. The van der Waals surface area contributed by atoms with Crippen LogP contribution in [0.25, 0.3) is 16.9 Å². The number of hydrazone groups is 1. The SMILES string of the molecule is COc1ccc(C2=NN(C(C)=O)[C@@H](c3cn(-c4ccccc4)nc3-c3ccsc3)C2)cc1OC. The Bertz CT molecular complexity index is 1350. The number of aromatic nitrogens is 2. The molecule has 5 rings (SSSR count). The number of rotatable bonds is 6. The molecule has 3 heterocycles.